The van der Waals surface area contributed by atoms with Crippen LogP contribution in [0.2, 0.25) is 5.02 Å². The Bertz CT molecular complexity index is 1170. The standard InChI is InChI=1S/C23H30ClN3O5S2/c1-15(2)25-10-7-18(8-11-25)26-9-3-4-19(23(26)30)27(14-21(28)29)34(31,32)22-12-16-5-6-17(24)13-20(16)33-22/h5-6,12-13,15,18-19H,3-4,7-11,14H2,1-2H3,(H,28,29)/t19-/m0/s1. The number of amides is 1. The number of halogens is 1. The van der Waals surface area contributed by atoms with Gasteiger partial charge in [0.15, 0.2) is 0 Å². The number of carboxylic acids is 1. The number of sulfonamides is 1. The molecule has 0 saturated carbocycles. The topological polar surface area (TPSA) is 98.2 Å². The Morgan fingerprint density at radius 3 is 2.56 bits per heavy atom. The lowest BCUT2D eigenvalue weighted by Gasteiger charge is -2.44. The van der Waals surface area contributed by atoms with Gasteiger partial charge in [-0.25, -0.2) is 8.42 Å². The third-order valence-corrected chi connectivity index (χ3v) is 10.4. The second-order valence-electron chi connectivity index (χ2n) is 9.24. The minimum Gasteiger partial charge on any atom is -0.480 e. The average molecular weight is 528 g/mol. The molecule has 8 nitrogen and oxygen atoms in total. The molecule has 11 heteroatoms. The van der Waals surface area contributed by atoms with Gasteiger partial charge in [-0.3, -0.25) is 9.59 Å². The first kappa shape index (κ1) is 25.4. The van der Waals surface area contributed by atoms with E-state index < -0.39 is 28.6 Å². The smallest absolute Gasteiger partial charge is 0.318 e. The molecule has 186 valence electrons. The Morgan fingerprint density at radius 2 is 1.91 bits per heavy atom. The first-order valence-corrected chi connectivity index (χ1v) is 14.2. The highest BCUT2D eigenvalue weighted by Crippen LogP contribution is 2.35. The van der Waals surface area contributed by atoms with Crippen molar-refractivity contribution >= 4 is 54.9 Å². The van der Waals surface area contributed by atoms with Crippen LogP contribution >= 0.6 is 22.9 Å². The predicted molar refractivity (Wildman–Crippen MR) is 133 cm³/mol. The number of nitrogens with zero attached hydrogens (tertiary/aromatic N) is 3. The van der Waals surface area contributed by atoms with Crippen LogP contribution in [0.5, 0.6) is 0 Å². The van der Waals surface area contributed by atoms with Crippen LogP contribution in [0.15, 0.2) is 28.5 Å². The van der Waals surface area contributed by atoms with E-state index >= 15 is 0 Å². The van der Waals surface area contributed by atoms with Crippen LogP contribution in [0.3, 0.4) is 0 Å². The highest BCUT2D eigenvalue weighted by Gasteiger charge is 2.43. The Hall–Kier alpha value is -1.72. The number of hydrogen-bond donors (Lipinski definition) is 1. The van der Waals surface area contributed by atoms with Crippen LogP contribution in [-0.4, -0.2) is 83.8 Å². The quantitative estimate of drug-likeness (QED) is 0.592. The van der Waals surface area contributed by atoms with Gasteiger partial charge < -0.3 is 14.9 Å². The first-order chi connectivity index (χ1) is 16.1. The van der Waals surface area contributed by atoms with Crippen molar-refractivity contribution in [1.29, 1.82) is 0 Å². The summed E-state index contributed by atoms with van der Waals surface area (Å²) in [5.41, 5.74) is 0. The van der Waals surface area contributed by atoms with Crippen molar-refractivity contribution in [2.24, 2.45) is 0 Å². The highest BCUT2D eigenvalue weighted by molar-refractivity contribution is 7.91. The SMILES string of the molecule is CC(C)N1CCC(N2CCC[C@H](N(CC(=O)O)S(=O)(=O)c3cc4ccc(Cl)cc4s3)C2=O)CC1. The second kappa shape index (κ2) is 10.1. The van der Waals surface area contributed by atoms with E-state index in [1.807, 2.05) is 0 Å². The molecule has 3 heterocycles. The van der Waals surface area contributed by atoms with Gasteiger partial charge in [0, 0.05) is 41.4 Å². The molecule has 0 radical (unpaired) electrons. The number of carbonyl (C=O) groups is 2. The van der Waals surface area contributed by atoms with E-state index in [-0.39, 0.29) is 16.2 Å². The Morgan fingerprint density at radius 1 is 1.21 bits per heavy atom. The van der Waals surface area contributed by atoms with Crippen molar-refractivity contribution in [3.63, 3.8) is 0 Å². The zero-order chi connectivity index (χ0) is 24.6. The van der Waals surface area contributed by atoms with Gasteiger partial charge >= 0.3 is 5.97 Å². The first-order valence-electron chi connectivity index (χ1n) is 11.5. The van der Waals surface area contributed by atoms with Gasteiger partial charge in [-0.2, -0.15) is 4.31 Å². The maximum atomic E-state index is 13.6. The number of carbonyl (C=O) groups excluding carboxylic acids is 1. The zero-order valence-corrected chi connectivity index (χ0v) is 21.7. The van der Waals surface area contributed by atoms with Gasteiger partial charge in [-0.1, -0.05) is 17.7 Å². The van der Waals surface area contributed by atoms with Crippen molar-refractivity contribution in [2.75, 3.05) is 26.2 Å². The molecule has 1 amide bonds. The number of likely N-dealkylation sites (tertiary alicyclic amines) is 2. The van der Waals surface area contributed by atoms with Gasteiger partial charge in [0.05, 0.1) is 0 Å². The lowest BCUT2D eigenvalue weighted by Crippen LogP contribution is -2.59. The molecule has 1 N–H and O–H groups in total. The molecule has 2 fully saturated rings. The Balaban J connectivity index is 1.61. The van der Waals surface area contributed by atoms with Crippen LogP contribution in [0, 0.1) is 0 Å². The highest BCUT2D eigenvalue weighted by atomic mass is 35.5. The van der Waals surface area contributed by atoms with Gasteiger partial charge in [-0.15, -0.1) is 11.3 Å². The summed E-state index contributed by atoms with van der Waals surface area (Å²) in [5, 5.41) is 10.7. The molecule has 34 heavy (non-hydrogen) atoms. The van der Waals surface area contributed by atoms with E-state index in [9.17, 15) is 23.1 Å². The summed E-state index contributed by atoms with van der Waals surface area (Å²) in [5.74, 6) is -1.58. The van der Waals surface area contributed by atoms with Crippen molar-refractivity contribution < 1.29 is 23.1 Å². The second-order valence-corrected chi connectivity index (χ2v) is 12.9. The zero-order valence-electron chi connectivity index (χ0n) is 19.3. The minimum atomic E-state index is -4.21. The van der Waals surface area contributed by atoms with Crippen molar-refractivity contribution in [2.45, 2.75) is 61.9 Å². The Labute approximate surface area is 209 Å². The average Bonchev–Trinajstić information content (AvgIpc) is 3.22. The Kier molecular flexibility index (Phi) is 7.54. The normalized spacial score (nSPS) is 21.1. The van der Waals surface area contributed by atoms with Crippen LogP contribution in [-0.2, 0) is 19.6 Å². The molecule has 0 bridgehead atoms. The third-order valence-electron chi connectivity index (χ3n) is 6.78. The fraction of sp³-hybridized carbons (Fsp3) is 0.565. The summed E-state index contributed by atoms with van der Waals surface area (Å²) in [6.45, 7) is 5.89. The lowest BCUT2D eigenvalue weighted by molar-refractivity contribution is -0.144. The molecule has 1 aromatic heterocycles. The third kappa shape index (κ3) is 5.11. The summed E-state index contributed by atoms with van der Waals surface area (Å²) in [6.07, 6.45) is 2.61. The molecule has 2 aliphatic rings. The number of hydrogen-bond acceptors (Lipinski definition) is 6. The van der Waals surface area contributed by atoms with Gasteiger partial charge in [-0.05, 0) is 63.1 Å². The molecule has 1 atom stereocenters. The summed E-state index contributed by atoms with van der Waals surface area (Å²) >= 11 is 7.08. The molecule has 2 aromatic rings. The van der Waals surface area contributed by atoms with Crippen molar-refractivity contribution in [3.05, 3.63) is 29.3 Å². The summed E-state index contributed by atoms with van der Waals surface area (Å²) in [4.78, 5) is 29.4. The van der Waals surface area contributed by atoms with Gasteiger partial charge in [0.2, 0.25) is 5.91 Å². The van der Waals surface area contributed by atoms with E-state index in [1.165, 1.54) is 6.07 Å². The number of aliphatic carboxylic acids is 1. The summed E-state index contributed by atoms with van der Waals surface area (Å²) < 4.78 is 28.9. The molecule has 0 aliphatic carbocycles. The molecule has 4 rings (SSSR count). The van der Waals surface area contributed by atoms with Gasteiger partial charge in [0.25, 0.3) is 10.0 Å². The minimum absolute atomic E-state index is 0.0150. The summed E-state index contributed by atoms with van der Waals surface area (Å²) in [7, 11) is -4.21. The molecule has 2 saturated heterocycles. The fourth-order valence-electron chi connectivity index (χ4n) is 4.94. The number of carboxylic acid groups (broad SMARTS) is 1. The van der Waals surface area contributed by atoms with E-state index in [1.54, 1.807) is 23.1 Å². The van der Waals surface area contributed by atoms with Crippen LogP contribution in [0.1, 0.15) is 39.5 Å². The molecule has 2 aliphatic heterocycles. The van der Waals surface area contributed by atoms with Crippen LogP contribution in [0.4, 0.5) is 0 Å². The van der Waals surface area contributed by atoms with E-state index in [2.05, 4.69) is 18.7 Å². The largest absolute Gasteiger partial charge is 0.480 e. The predicted octanol–water partition coefficient (Wildman–Crippen LogP) is 3.49. The maximum absolute atomic E-state index is 13.6. The van der Waals surface area contributed by atoms with Crippen LogP contribution < -0.4 is 0 Å². The number of rotatable bonds is 7. The van der Waals surface area contributed by atoms with E-state index in [4.69, 9.17) is 11.6 Å². The van der Waals surface area contributed by atoms with E-state index in [0.717, 1.165) is 41.6 Å². The monoisotopic (exact) mass is 527 g/mol. The molecular weight excluding hydrogens is 498 g/mol. The maximum Gasteiger partial charge on any atom is 0.318 e. The molecule has 0 unspecified atom stereocenters. The van der Waals surface area contributed by atoms with Gasteiger partial charge in [0.1, 0.15) is 16.8 Å². The van der Waals surface area contributed by atoms with Crippen molar-refractivity contribution in [3.8, 4) is 0 Å². The van der Waals surface area contributed by atoms with Crippen LogP contribution in [0.25, 0.3) is 10.1 Å². The summed E-state index contributed by atoms with van der Waals surface area (Å²) in [6, 6.07) is 6.07. The number of benzene rings is 1. The molecular formula is C23H30ClN3O5S2. The number of piperidine rings is 2. The number of thiophene rings is 1. The molecule has 0 spiro atoms. The molecule has 1 aromatic carbocycles. The van der Waals surface area contributed by atoms with Crippen molar-refractivity contribution in [1.82, 2.24) is 14.1 Å². The lowest BCUT2D eigenvalue weighted by atomic mass is 9.96. The fourth-order valence-corrected chi connectivity index (χ4v) is 8.31. The number of fused-ring (bicyclic) bond motifs is 1. The van der Waals surface area contributed by atoms with E-state index in [0.29, 0.717) is 40.5 Å².